The molecule has 0 unspecified atom stereocenters. The van der Waals surface area contributed by atoms with Crippen LogP contribution in [0, 0.1) is 10.3 Å². The van der Waals surface area contributed by atoms with Crippen molar-refractivity contribution < 1.29 is 0 Å². The highest BCUT2D eigenvalue weighted by Gasteiger charge is 2.13. The first-order valence-corrected chi connectivity index (χ1v) is 3.41. The molecule has 0 saturated heterocycles. The smallest absolute Gasteiger partial charge is 0.0816 e. The van der Waals surface area contributed by atoms with Crippen molar-refractivity contribution in [1.29, 1.82) is 0 Å². The molecule has 0 saturated carbocycles. The van der Waals surface area contributed by atoms with Crippen molar-refractivity contribution in [2.24, 2.45) is 10.6 Å². The van der Waals surface area contributed by atoms with E-state index < -0.39 is 0 Å². The van der Waals surface area contributed by atoms with Crippen LogP contribution in [0.2, 0.25) is 0 Å². The van der Waals surface area contributed by atoms with E-state index in [1.807, 2.05) is 0 Å². The third-order valence-corrected chi connectivity index (χ3v) is 1.84. The monoisotopic (exact) mass is 129 g/mol. The second kappa shape index (κ2) is 3.59. The van der Waals surface area contributed by atoms with Crippen molar-refractivity contribution in [3.05, 3.63) is 4.91 Å². The van der Waals surface area contributed by atoms with Gasteiger partial charge in [-0.25, -0.2) is 0 Å². The van der Waals surface area contributed by atoms with Crippen molar-refractivity contribution in [3.8, 4) is 0 Å². The van der Waals surface area contributed by atoms with Crippen LogP contribution in [0.4, 0.5) is 0 Å². The molecule has 0 radical (unpaired) electrons. The Hall–Kier alpha value is -0.400. The Morgan fingerprint density at radius 3 is 2.33 bits per heavy atom. The van der Waals surface area contributed by atoms with Gasteiger partial charge in [-0.2, -0.15) is 4.91 Å². The summed E-state index contributed by atoms with van der Waals surface area (Å²) < 4.78 is 0. The molecule has 0 atom stereocenters. The molecule has 54 valence electrons. The summed E-state index contributed by atoms with van der Waals surface area (Å²) in [7, 11) is 0. The van der Waals surface area contributed by atoms with Gasteiger partial charge in [-0.1, -0.05) is 32.4 Å². The van der Waals surface area contributed by atoms with Gasteiger partial charge in [-0.15, -0.1) is 0 Å². The van der Waals surface area contributed by atoms with Gasteiger partial charge < -0.3 is 0 Å². The zero-order valence-corrected chi connectivity index (χ0v) is 6.48. The summed E-state index contributed by atoms with van der Waals surface area (Å²) in [6.45, 7) is 6.89. The van der Waals surface area contributed by atoms with Crippen LogP contribution in [0.1, 0.15) is 33.6 Å². The molecule has 2 heteroatoms. The fraction of sp³-hybridized carbons (Fsp3) is 1.00. The fourth-order valence-corrected chi connectivity index (χ4v) is 0.525. The van der Waals surface area contributed by atoms with E-state index in [0.29, 0.717) is 12.0 Å². The molecule has 0 aromatic heterocycles. The minimum atomic E-state index is 0.300. The van der Waals surface area contributed by atoms with Gasteiger partial charge in [-0.3, -0.25) is 0 Å². The zero-order chi connectivity index (χ0) is 7.33. The molecule has 2 nitrogen and oxygen atoms in total. The summed E-state index contributed by atoms with van der Waals surface area (Å²) in [6, 6.07) is 0. The lowest BCUT2D eigenvalue weighted by Crippen LogP contribution is -2.10. The first-order chi connectivity index (χ1) is 4.12. The normalized spacial score (nSPS) is 11.4. The molecule has 9 heavy (non-hydrogen) atoms. The van der Waals surface area contributed by atoms with E-state index in [-0.39, 0.29) is 0 Å². The van der Waals surface area contributed by atoms with Gasteiger partial charge in [-0.05, 0) is 11.8 Å². The summed E-state index contributed by atoms with van der Waals surface area (Å²) in [5, 5.41) is 2.82. The lowest BCUT2D eigenvalue weighted by Gasteiger charge is -2.19. The molecule has 0 aliphatic heterocycles. The van der Waals surface area contributed by atoms with E-state index in [0.717, 1.165) is 12.8 Å². The maximum atomic E-state index is 9.72. The standard InChI is InChI=1S/C7H15NO/c1-4-7(2,3)5-6-8-9/h4-6H2,1-3H3. The SMILES string of the molecule is CCC(C)(C)CCN=O. The highest BCUT2D eigenvalue weighted by atomic mass is 16.3. The first-order valence-electron chi connectivity index (χ1n) is 3.41. The minimum Gasteiger partial charge on any atom is -0.151 e. The average molecular weight is 129 g/mol. The Kier molecular flexibility index (Phi) is 3.43. The van der Waals surface area contributed by atoms with Crippen molar-refractivity contribution in [3.63, 3.8) is 0 Å². The molecule has 0 bridgehead atoms. The van der Waals surface area contributed by atoms with Gasteiger partial charge in [0.05, 0.1) is 6.54 Å². The number of rotatable bonds is 4. The maximum Gasteiger partial charge on any atom is 0.0816 e. The largest absolute Gasteiger partial charge is 0.151 e. The molecular weight excluding hydrogens is 114 g/mol. The lowest BCUT2D eigenvalue weighted by molar-refractivity contribution is 0.328. The molecule has 0 heterocycles. The third-order valence-electron chi connectivity index (χ3n) is 1.84. The Balaban J connectivity index is 3.44. The molecule has 0 aromatic carbocycles. The topological polar surface area (TPSA) is 29.4 Å². The van der Waals surface area contributed by atoms with Gasteiger partial charge >= 0.3 is 0 Å². The minimum absolute atomic E-state index is 0.300. The molecule has 0 amide bonds. The van der Waals surface area contributed by atoms with Gasteiger partial charge in [0.15, 0.2) is 0 Å². The van der Waals surface area contributed by atoms with E-state index in [9.17, 15) is 4.91 Å². The third kappa shape index (κ3) is 4.13. The highest BCUT2D eigenvalue weighted by molar-refractivity contribution is 4.66. The molecular formula is C7H15NO. The van der Waals surface area contributed by atoms with E-state index in [1.165, 1.54) is 0 Å². The number of nitrogens with zero attached hydrogens (tertiary/aromatic N) is 1. The zero-order valence-electron chi connectivity index (χ0n) is 6.48. The van der Waals surface area contributed by atoms with Crippen molar-refractivity contribution in [2.45, 2.75) is 33.6 Å². The van der Waals surface area contributed by atoms with Gasteiger partial charge in [0.2, 0.25) is 0 Å². The van der Waals surface area contributed by atoms with E-state index in [1.54, 1.807) is 0 Å². The number of hydrogen-bond acceptors (Lipinski definition) is 2. The molecule has 0 aliphatic carbocycles. The van der Waals surface area contributed by atoms with Crippen LogP contribution < -0.4 is 0 Å². The average Bonchev–Trinajstić information content (AvgIpc) is 1.84. The molecule has 0 aromatic rings. The molecule has 0 fully saturated rings. The number of nitroso groups, excluding NO2 is 1. The molecule has 0 N–H and O–H groups in total. The van der Waals surface area contributed by atoms with Crippen molar-refractivity contribution >= 4 is 0 Å². The predicted molar refractivity (Wildman–Crippen MR) is 39.4 cm³/mol. The van der Waals surface area contributed by atoms with Crippen LogP contribution in [-0.4, -0.2) is 6.54 Å². The van der Waals surface area contributed by atoms with Crippen LogP contribution in [0.15, 0.2) is 5.18 Å². The Morgan fingerprint density at radius 1 is 1.44 bits per heavy atom. The Bertz CT molecular complexity index is 88.9. The molecule has 0 spiro atoms. The Labute approximate surface area is 56.6 Å². The molecule has 0 rings (SSSR count). The summed E-state index contributed by atoms with van der Waals surface area (Å²) in [4.78, 5) is 9.72. The molecule has 0 aliphatic rings. The van der Waals surface area contributed by atoms with Crippen LogP contribution in [0.3, 0.4) is 0 Å². The summed E-state index contributed by atoms with van der Waals surface area (Å²) in [6.07, 6.45) is 2.02. The van der Waals surface area contributed by atoms with Crippen molar-refractivity contribution in [1.82, 2.24) is 0 Å². The quantitative estimate of drug-likeness (QED) is 0.536. The van der Waals surface area contributed by atoms with Crippen LogP contribution in [0.5, 0.6) is 0 Å². The fourth-order valence-electron chi connectivity index (χ4n) is 0.525. The van der Waals surface area contributed by atoms with Gasteiger partial charge in [0, 0.05) is 0 Å². The summed E-state index contributed by atoms with van der Waals surface area (Å²) >= 11 is 0. The van der Waals surface area contributed by atoms with Gasteiger partial charge in [0.1, 0.15) is 0 Å². The maximum absolute atomic E-state index is 9.72. The lowest BCUT2D eigenvalue weighted by atomic mass is 9.87. The van der Waals surface area contributed by atoms with E-state index in [4.69, 9.17) is 0 Å². The Morgan fingerprint density at radius 2 is 2.00 bits per heavy atom. The predicted octanol–water partition coefficient (Wildman–Crippen LogP) is 2.58. The van der Waals surface area contributed by atoms with Crippen LogP contribution in [-0.2, 0) is 0 Å². The highest BCUT2D eigenvalue weighted by Crippen LogP contribution is 2.23. The van der Waals surface area contributed by atoms with Crippen LogP contribution >= 0.6 is 0 Å². The van der Waals surface area contributed by atoms with Gasteiger partial charge in [0.25, 0.3) is 0 Å². The number of hydrogen-bond donors (Lipinski definition) is 0. The second-order valence-electron chi connectivity index (χ2n) is 3.12. The second-order valence-corrected chi connectivity index (χ2v) is 3.12. The first kappa shape index (κ1) is 8.60. The summed E-state index contributed by atoms with van der Waals surface area (Å²) in [5.41, 5.74) is 0.300. The summed E-state index contributed by atoms with van der Waals surface area (Å²) in [5.74, 6) is 0. The van der Waals surface area contributed by atoms with E-state index in [2.05, 4.69) is 25.9 Å². The van der Waals surface area contributed by atoms with Crippen molar-refractivity contribution in [2.75, 3.05) is 6.54 Å². The van der Waals surface area contributed by atoms with E-state index >= 15 is 0 Å². The van der Waals surface area contributed by atoms with Crippen LogP contribution in [0.25, 0.3) is 0 Å².